The molecule has 0 N–H and O–H groups in total. The number of benzene rings is 1. The van der Waals surface area contributed by atoms with Gasteiger partial charge < -0.3 is 14.1 Å². The number of aryl methyl sites for hydroxylation is 1. The van der Waals surface area contributed by atoms with Gasteiger partial charge in [0.25, 0.3) is 5.91 Å². The Morgan fingerprint density at radius 2 is 2.13 bits per heavy atom. The van der Waals surface area contributed by atoms with Gasteiger partial charge in [0.05, 0.1) is 12.5 Å². The number of nitrogens with zero attached hydrogens (tertiary/aromatic N) is 1. The number of carbonyl (C=O) groups excluding carboxylic acids is 2. The number of piperidine rings is 1. The third-order valence-corrected chi connectivity index (χ3v) is 4.37. The normalized spacial score (nSPS) is 18.2. The van der Waals surface area contributed by atoms with Gasteiger partial charge in [0.1, 0.15) is 5.58 Å². The second-order valence-corrected chi connectivity index (χ2v) is 5.89. The summed E-state index contributed by atoms with van der Waals surface area (Å²) in [7, 11) is 0. The average molecular weight is 315 g/mol. The number of likely N-dealkylation sites (tertiary alicyclic amines) is 1. The number of rotatable bonds is 3. The van der Waals surface area contributed by atoms with Gasteiger partial charge >= 0.3 is 5.97 Å². The predicted octanol–water partition coefficient (Wildman–Crippen LogP) is 3.16. The highest BCUT2D eigenvalue weighted by Crippen LogP contribution is 2.27. The molecule has 1 aromatic carbocycles. The van der Waals surface area contributed by atoms with Gasteiger partial charge in [-0.25, -0.2) is 0 Å². The van der Waals surface area contributed by atoms with Crippen LogP contribution in [-0.2, 0) is 9.53 Å². The van der Waals surface area contributed by atoms with Crippen LogP contribution < -0.4 is 0 Å². The first-order chi connectivity index (χ1) is 11.1. The minimum atomic E-state index is -0.239. The van der Waals surface area contributed by atoms with E-state index < -0.39 is 0 Å². The van der Waals surface area contributed by atoms with E-state index in [1.165, 1.54) is 0 Å². The maximum absolute atomic E-state index is 12.8. The van der Waals surface area contributed by atoms with Crippen molar-refractivity contribution in [2.24, 2.45) is 5.92 Å². The molecule has 1 fully saturated rings. The van der Waals surface area contributed by atoms with Crippen LogP contribution in [0, 0.1) is 12.8 Å². The van der Waals surface area contributed by atoms with Gasteiger partial charge in [-0.1, -0.05) is 18.2 Å². The molecular formula is C18H21NO4. The van der Waals surface area contributed by atoms with Crippen molar-refractivity contribution in [1.29, 1.82) is 0 Å². The summed E-state index contributed by atoms with van der Waals surface area (Å²) in [6.07, 6.45) is 1.57. The molecule has 0 saturated carbocycles. The standard InChI is InChI=1S/C18H21NO4/c1-3-22-18(21)13-7-6-10-19(11-13)17(20)16-12(2)14-8-4-5-9-15(14)23-16/h4-5,8-9,13H,3,6-7,10-11H2,1-2H3/t13-/m0/s1. The zero-order valence-electron chi connectivity index (χ0n) is 13.5. The molecule has 5 heteroatoms. The van der Waals surface area contributed by atoms with Crippen molar-refractivity contribution in [1.82, 2.24) is 4.90 Å². The zero-order chi connectivity index (χ0) is 16.4. The zero-order valence-corrected chi connectivity index (χ0v) is 13.5. The first kappa shape index (κ1) is 15.6. The highest BCUT2D eigenvalue weighted by Gasteiger charge is 2.31. The average Bonchev–Trinajstić information content (AvgIpc) is 2.92. The minimum Gasteiger partial charge on any atom is -0.466 e. The fourth-order valence-electron chi connectivity index (χ4n) is 3.14. The molecule has 5 nitrogen and oxygen atoms in total. The van der Waals surface area contributed by atoms with Gasteiger partial charge in [0.15, 0.2) is 5.76 Å². The molecule has 1 amide bonds. The highest BCUT2D eigenvalue weighted by atomic mass is 16.5. The molecule has 1 aliphatic heterocycles. The van der Waals surface area contributed by atoms with Crippen LogP contribution in [0.2, 0.25) is 0 Å². The Balaban J connectivity index is 1.81. The quantitative estimate of drug-likeness (QED) is 0.816. The summed E-state index contributed by atoms with van der Waals surface area (Å²) >= 11 is 0. The molecule has 0 unspecified atom stereocenters. The van der Waals surface area contributed by atoms with Gasteiger partial charge in [-0.05, 0) is 32.8 Å². The Morgan fingerprint density at radius 1 is 1.35 bits per heavy atom. The maximum Gasteiger partial charge on any atom is 0.310 e. The molecule has 0 aliphatic carbocycles. The fourth-order valence-corrected chi connectivity index (χ4v) is 3.14. The van der Waals surface area contributed by atoms with Crippen molar-refractivity contribution in [2.45, 2.75) is 26.7 Å². The molecule has 1 aliphatic rings. The van der Waals surface area contributed by atoms with Gasteiger partial charge in [0, 0.05) is 24.0 Å². The Kier molecular flexibility index (Phi) is 4.37. The largest absolute Gasteiger partial charge is 0.466 e. The number of hydrogen-bond donors (Lipinski definition) is 0. The predicted molar refractivity (Wildman–Crippen MR) is 86.2 cm³/mol. The smallest absolute Gasteiger partial charge is 0.310 e. The molecule has 1 aromatic heterocycles. The third kappa shape index (κ3) is 2.96. The molecule has 23 heavy (non-hydrogen) atoms. The van der Waals surface area contributed by atoms with Crippen molar-refractivity contribution in [3.8, 4) is 0 Å². The summed E-state index contributed by atoms with van der Waals surface area (Å²) in [6.45, 7) is 5.10. The van der Waals surface area contributed by atoms with Crippen molar-refractivity contribution in [2.75, 3.05) is 19.7 Å². The molecule has 1 atom stereocenters. The second kappa shape index (κ2) is 6.44. The van der Waals surface area contributed by atoms with Crippen LogP contribution in [0.15, 0.2) is 28.7 Å². The number of para-hydroxylation sites is 1. The monoisotopic (exact) mass is 315 g/mol. The van der Waals surface area contributed by atoms with Crippen LogP contribution >= 0.6 is 0 Å². The van der Waals surface area contributed by atoms with E-state index in [2.05, 4.69) is 0 Å². The molecule has 122 valence electrons. The van der Waals surface area contributed by atoms with Gasteiger partial charge in [0.2, 0.25) is 0 Å². The van der Waals surface area contributed by atoms with Crippen LogP contribution in [0.5, 0.6) is 0 Å². The van der Waals surface area contributed by atoms with Crippen molar-refractivity contribution < 1.29 is 18.7 Å². The van der Waals surface area contributed by atoms with E-state index in [0.29, 0.717) is 31.0 Å². The number of carbonyl (C=O) groups is 2. The van der Waals surface area contributed by atoms with E-state index in [0.717, 1.165) is 23.8 Å². The first-order valence-corrected chi connectivity index (χ1v) is 8.05. The Labute approximate surface area is 135 Å². The Bertz CT molecular complexity index is 734. The number of ether oxygens (including phenoxy) is 1. The Morgan fingerprint density at radius 3 is 2.87 bits per heavy atom. The highest BCUT2D eigenvalue weighted by molar-refractivity contribution is 5.99. The number of furan rings is 1. The number of esters is 1. The van der Waals surface area contributed by atoms with E-state index in [9.17, 15) is 9.59 Å². The van der Waals surface area contributed by atoms with Crippen molar-refractivity contribution in [3.05, 3.63) is 35.6 Å². The molecule has 1 saturated heterocycles. The molecule has 2 heterocycles. The summed E-state index contributed by atoms with van der Waals surface area (Å²) in [5.74, 6) is -0.230. The summed E-state index contributed by atoms with van der Waals surface area (Å²) < 4.78 is 10.8. The fraction of sp³-hybridized carbons (Fsp3) is 0.444. The lowest BCUT2D eigenvalue weighted by Crippen LogP contribution is -2.42. The molecule has 2 aromatic rings. The van der Waals surface area contributed by atoms with Crippen LogP contribution in [0.4, 0.5) is 0 Å². The maximum atomic E-state index is 12.8. The van der Waals surface area contributed by atoms with Crippen LogP contribution in [-0.4, -0.2) is 36.5 Å². The molecular weight excluding hydrogens is 294 g/mol. The van der Waals surface area contributed by atoms with Crippen LogP contribution in [0.3, 0.4) is 0 Å². The Hall–Kier alpha value is -2.30. The SMILES string of the molecule is CCOC(=O)[C@H]1CCCN(C(=O)c2oc3ccccc3c2C)C1. The molecule has 3 rings (SSSR count). The lowest BCUT2D eigenvalue weighted by Gasteiger charge is -2.31. The van der Waals surface area contributed by atoms with Gasteiger partial charge in [-0.2, -0.15) is 0 Å². The van der Waals surface area contributed by atoms with Crippen LogP contribution in [0.1, 0.15) is 35.9 Å². The van der Waals surface area contributed by atoms with Crippen molar-refractivity contribution >= 4 is 22.8 Å². The third-order valence-electron chi connectivity index (χ3n) is 4.37. The van der Waals surface area contributed by atoms with E-state index in [1.54, 1.807) is 11.8 Å². The topological polar surface area (TPSA) is 59.8 Å². The lowest BCUT2D eigenvalue weighted by atomic mass is 9.98. The number of amides is 1. The summed E-state index contributed by atoms with van der Waals surface area (Å²) in [5.41, 5.74) is 1.57. The van der Waals surface area contributed by atoms with E-state index in [4.69, 9.17) is 9.15 Å². The van der Waals surface area contributed by atoms with Crippen LogP contribution in [0.25, 0.3) is 11.0 Å². The van der Waals surface area contributed by atoms with Gasteiger partial charge in [-0.15, -0.1) is 0 Å². The van der Waals surface area contributed by atoms with E-state index in [-0.39, 0.29) is 17.8 Å². The second-order valence-electron chi connectivity index (χ2n) is 5.89. The minimum absolute atomic E-state index is 0.146. The number of hydrogen-bond acceptors (Lipinski definition) is 4. The van der Waals surface area contributed by atoms with Gasteiger partial charge in [-0.3, -0.25) is 9.59 Å². The molecule has 0 radical (unpaired) electrons. The van der Waals surface area contributed by atoms with Crippen molar-refractivity contribution in [3.63, 3.8) is 0 Å². The van der Waals surface area contributed by atoms with E-state index in [1.807, 2.05) is 31.2 Å². The summed E-state index contributed by atoms with van der Waals surface area (Å²) in [6, 6.07) is 7.62. The number of fused-ring (bicyclic) bond motifs is 1. The van der Waals surface area contributed by atoms with E-state index >= 15 is 0 Å². The lowest BCUT2D eigenvalue weighted by molar-refractivity contribution is -0.149. The molecule has 0 spiro atoms. The first-order valence-electron chi connectivity index (χ1n) is 8.05. The summed E-state index contributed by atoms with van der Waals surface area (Å²) in [5, 5.41) is 0.954. The summed E-state index contributed by atoms with van der Waals surface area (Å²) in [4.78, 5) is 26.4. The molecule has 0 bridgehead atoms.